The molecule has 2 aromatic carbocycles. The van der Waals surface area contributed by atoms with Crippen molar-refractivity contribution in [2.24, 2.45) is 5.29 Å². The molecule has 0 saturated heterocycles. The molecule has 6 nitrogen and oxygen atoms in total. The number of anilines is 1. The monoisotopic (exact) mass is 298 g/mol. The Morgan fingerprint density at radius 2 is 1.73 bits per heavy atom. The lowest BCUT2D eigenvalue weighted by Crippen LogP contribution is -2.15. The first-order valence-electron chi connectivity index (χ1n) is 6.47. The zero-order valence-electron chi connectivity index (χ0n) is 12.1. The summed E-state index contributed by atoms with van der Waals surface area (Å²) in [6, 6.07) is 12.9. The molecule has 0 aliphatic carbocycles. The summed E-state index contributed by atoms with van der Waals surface area (Å²) in [5.74, 6) is -0.868. The van der Waals surface area contributed by atoms with Crippen LogP contribution in [0.1, 0.15) is 26.3 Å². The molecule has 22 heavy (non-hydrogen) atoms. The predicted molar refractivity (Wildman–Crippen MR) is 81.9 cm³/mol. The number of nitroso groups, excluding NO2 is 1. The Hall–Kier alpha value is -3.02. The van der Waals surface area contributed by atoms with Crippen LogP contribution in [0.2, 0.25) is 0 Å². The SMILES string of the molecule is COC(=O)c1ccc(N(C)N=O)c(C(=O)c2ccccc2)c1. The number of nitrogens with zero attached hydrogens (tertiary/aromatic N) is 2. The minimum absolute atomic E-state index is 0.205. The summed E-state index contributed by atoms with van der Waals surface area (Å²) in [7, 11) is 2.69. The number of ketones is 1. The minimum Gasteiger partial charge on any atom is -0.465 e. The van der Waals surface area contributed by atoms with Crippen molar-refractivity contribution in [3.05, 3.63) is 70.1 Å². The van der Waals surface area contributed by atoms with Crippen LogP contribution in [-0.2, 0) is 4.74 Å². The summed E-state index contributed by atoms with van der Waals surface area (Å²) in [5.41, 5.74) is 1.20. The summed E-state index contributed by atoms with van der Waals surface area (Å²) in [6.07, 6.45) is 0. The lowest BCUT2D eigenvalue weighted by molar-refractivity contribution is 0.0600. The van der Waals surface area contributed by atoms with E-state index in [0.29, 0.717) is 11.3 Å². The summed E-state index contributed by atoms with van der Waals surface area (Å²) in [4.78, 5) is 35.0. The third kappa shape index (κ3) is 3.01. The Kier molecular flexibility index (Phi) is 4.63. The lowest BCUT2D eigenvalue weighted by atomic mass is 9.99. The number of benzene rings is 2. The van der Waals surface area contributed by atoms with Gasteiger partial charge < -0.3 is 4.74 Å². The third-order valence-corrected chi connectivity index (χ3v) is 3.17. The molecule has 0 unspecified atom stereocenters. The number of esters is 1. The van der Waals surface area contributed by atoms with Gasteiger partial charge in [-0.2, -0.15) is 0 Å². The van der Waals surface area contributed by atoms with E-state index in [0.717, 1.165) is 5.01 Å². The van der Waals surface area contributed by atoms with Gasteiger partial charge in [0.2, 0.25) is 0 Å². The van der Waals surface area contributed by atoms with Gasteiger partial charge in [-0.1, -0.05) is 30.3 Å². The molecule has 6 heteroatoms. The molecule has 0 N–H and O–H groups in total. The highest BCUT2D eigenvalue weighted by Gasteiger charge is 2.19. The Bertz CT molecular complexity index is 713. The van der Waals surface area contributed by atoms with Crippen LogP contribution in [0.3, 0.4) is 0 Å². The van der Waals surface area contributed by atoms with Gasteiger partial charge in [0, 0.05) is 18.2 Å². The van der Waals surface area contributed by atoms with Crippen molar-refractivity contribution < 1.29 is 14.3 Å². The fourth-order valence-electron chi connectivity index (χ4n) is 2.03. The quantitative estimate of drug-likeness (QED) is 0.367. The zero-order valence-corrected chi connectivity index (χ0v) is 12.1. The fraction of sp³-hybridized carbons (Fsp3) is 0.125. The van der Waals surface area contributed by atoms with E-state index in [9.17, 15) is 14.5 Å². The van der Waals surface area contributed by atoms with Crippen LogP contribution in [0.15, 0.2) is 53.8 Å². The molecule has 0 radical (unpaired) electrons. The number of carbonyl (C=O) groups is 2. The third-order valence-electron chi connectivity index (χ3n) is 3.17. The van der Waals surface area contributed by atoms with Crippen LogP contribution in [0.25, 0.3) is 0 Å². The van der Waals surface area contributed by atoms with E-state index >= 15 is 0 Å². The molecule has 0 heterocycles. The van der Waals surface area contributed by atoms with Crippen molar-refractivity contribution in [1.82, 2.24) is 0 Å². The first-order valence-corrected chi connectivity index (χ1v) is 6.47. The molecule has 0 saturated carbocycles. The average molecular weight is 298 g/mol. The molecule has 0 bridgehead atoms. The summed E-state index contributed by atoms with van der Waals surface area (Å²) in [5, 5.41) is 3.84. The van der Waals surface area contributed by atoms with Gasteiger partial charge in [-0.05, 0) is 18.2 Å². The smallest absolute Gasteiger partial charge is 0.337 e. The molecular weight excluding hydrogens is 284 g/mol. The van der Waals surface area contributed by atoms with Crippen LogP contribution in [0, 0.1) is 4.91 Å². The Labute approximate surface area is 127 Å². The molecule has 0 aliphatic heterocycles. The Morgan fingerprint density at radius 3 is 2.32 bits per heavy atom. The maximum atomic E-state index is 12.6. The summed E-state index contributed by atoms with van der Waals surface area (Å²) >= 11 is 0. The number of methoxy groups -OCH3 is 1. The van der Waals surface area contributed by atoms with Gasteiger partial charge in [-0.3, -0.25) is 4.79 Å². The molecule has 2 rings (SSSR count). The van der Waals surface area contributed by atoms with Crippen molar-refractivity contribution in [2.75, 3.05) is 19.2 Å². The van der Waals surface area contributed by atoms with E-state index in [1.807, 2.05) is 0 Å². The predicted octanol–water partition coefficient (Wildman–Crippen LogP) is 2.82. The highest BCUT2D eigenvalue weighted by atomic mass is 16.5. The second kappa shape index (κ2) is 6.62. The van der Waals surface area contributed by atoms with E-state index in [1.165, 1.54) is 32.4 Å². The lowest BCUT2D eigenvalue weighted by Gasteiger charge is -2.14. The molecular formula is C16H14N2O4. The Balaban J connectivity index is 2.56. The maximum absolute atomic E-state index is 12.6. The summed E-state index contributed by atoms with van der Waals surface area (Å²) < 4.78 is 4.65. The van der Waals surface area contributed by atoms with Crippen LogP contribution in [0.4, 0.5) is 5.69 Å². The van der Waals surface area contributed by atoms with Gasteiger partial charge in [0.05, 0.1) is 23.6 Å². The van der Waals surface area contributed by atoms with Gasteiger partial charge in [0.1, 0.15) is 0 Å². The van der Waals surface area contributed by atoms with Crippen LogP contribution in [0.5, 0.6) is 0 Å². The van der Waals surface area contributed by atoms with Gasteiger partial charge in [0.15, 0.2) is 5.78 Å². The van der Waals surface area contributed by atoms with E-state index in [-0.39, 0.29) is 16.9 Å². The molecule has 2 aromatic rings. The van der Waals surface area contributed by atoms with Crippen molar-refractivity contribution in [1.29, 1.82) is 0 Å². The van der Waals surface area contributed by atoms with Crippen LogP contribution >= 0.6 is 0 Å². The van der Waals surface area contributed by atoms with Gasteiger partial charge in [0.25, 0.3) is 0 Å². The minimum atomic E-state index is -0.560. The molecule has 112 valence electrons. The summed E-state index contributed by atoms with van der Waals surface area (Å²) in [6.45, 7) is 0. The largest absolute Gasteiger partial charge is 0.465 e. The highest BCUT2D eigenvalue weighted by Crippen LogP contribution is 2.24. The standard InChI is InChI=1S/C16H14N2O4/c1-18(17-21)14-9-8-12(16(20)22-2)10-13(14)15(19)11-6-4-3-5-7-11/h3-10H,1-2H3. The molecule has 0 spiro atoms. The molecule has 0 fully saturated rings. The van der Waals surface area contributed by atoms with Crippen molar-refractivity contribution >= 4 is 17.4 Å². The second-order valence-electron chi connectivity index (χ2n) is 4.52. The number of ether oxygens (including phenoxy) is 1. The van der Waals surface area contributed by atoms with Crippen molar-refractivity contribution in [3.63, 3.8) is 0 Å². The number of carbonyl (C=O) groups excluding carboxylic acids is 2. The topological polar surface area (TPSA) is 76.0 Å². The first-order chi connectivity index (χ1) is 10.6. The first kappa shape index (κ1) is 15.4. The van der Waals surface area contributed by atoms with Gasteiger partial charge in [-0.15, -0.1) is 4.91 Å². The number of rotatable bonds is 5. The van der Waals surface area contributed by atoms with Gasteiger partial charge in [-0.25, -0.2) is 9.80 Å². The second-order valence-corrected chi connectivity index (χ2v) is 4.52. The molecule has 0 aliphatic rings. The van der Waals surface area contributed by atoms with Crippen LogP contribution in [-0.4, -0.2) is 25.9 Å². The van der Waals surface area contributed by atoms with Gasteiger partial charge >= 0.3 is 5.97 Å². The molecule has 0 amide bonds. The van der Waals surface area contributed by atoms with Crippen molar-refractivity contribution in [2.45, 2.75) is 0 Å². The zero-order chi connectivity index (χ0) is 16.1. The van der Waals surface area contributed by atoms with Crippen LogP contribution < -0.4 is 5.01 Å². The van der Waals surface area contributed by atoms with E-state index < -0.39 is 5.97 Å². The normalized spacial score (nSPS) is 9.91. The Morgan fingerprint density at radius 1 is 1.05 bits per heavy atom. The number of hydrogen-bond donors (Lipinski definition) is 0. The number of hydrogen-bond acceptors (Lipinski definition) is 5. The maximum Gasteiger partial charge on any atom is 0.337 e. The molecule has 0 atom stereocenters. The highest BCUT2D eigenvalue weighted by molar-refractivity contribution is 6.13. The average Bonchev–Trinajstić information content (AvgIpc) is 2.59. The van der Waals surface area contributed by atoms with E-state index in [2.05, 4.69) is 10.0 Å². The van der Waals surface area contributed by atoms with E-state index in [1.54, 1.807) is 30.3 Å². The van der Waals surface area contributed by atoms with Crippen molar-refractivity contribution in [3.8, 4) is 0 Å². The fourth-order valence-corrected chi connectivity index (χ4v) is 2.03. The van der Waals surface area contributed by atoms with E-state index in [4.69, 9.17) is 0 Å². The molecule has 0 aromatic heterocycles.